The summed E-state index contributed by atoms with van der Waals surface area (Å²) >= 11 is 0. The number of aliphatic hydroxyl groups excluding tert-OH is 1. The van der Waals surface area contributed by atoms with Crippen LogP contribution in [-0.2, 0) is 6.42 Å². The maximum Gasteiger partial charge on any atom is 0.254 e. The van der Waals surface area contributed by atoms with Gasteiger partial charge in [-0.3, -0.25) is 4.79 Å². The zero-order valence-electron chi connectivity index (χ0n) is 15.7. The molecule has 0 unspecified atom stereocenters. The quantitative estimate of drug-likeness (QED) is 0.733. The fourth-order valence-electron chi connectivity index (χ4n) is 5.10. The van der Waals surface area contributed by atoms with E-state index >= 15 is 0 Å². The minimum absolute atomic E-state index is 0.0734. The number of alkyl halides is 1. The van der Waals surface area contributed by atoms with Crippen LogP contribution in [0.3, 0.4) is 0 Å². The monoisotopic (exact) mass is 376 g/mol. The van der Waals surface area contributed by atoms with E-state index in [1.807, 2.05) is 0 Å². The predicted molar refractivity (Wildman–Crippen MR) is 100 cm³/mol. The zero-order valence-corrected chi connectivity index (χ0v) is 15.7. The molecule has 0 saturated heterocycles. The number of fused-ring (bicyclic) bond motifs is 3. The fourth-order valence-corrected chi connectivity index (χ4v) is 5.10. The van der Waals surface area contributed by atoms with Crippen molar-refractivity contribution < 1.29 is 14.3 Å². The van der Waals surface area contributed by atoms with E-state index in [1.165, 1.54) is 6.20 Å². The Hall–Kier alpha value is -1.76. The third-order valence-electron chi connectivity index (χ3n) is 6.93. The molecule has 1 amide bonds. The van der Waals surface area contributed by atoms with Crippen molar-refractivity contribution in [1.29, 1.82) is 0 Å². The first-order valence-corrected chi connectivity index (χ1v) is 10.2. The van der Waals surface area contributed by atoms with Gasteiger partial charge in [-0.2, -0.15) is 0 Å². The molecular formula is C20H29FN4O2. The van der Waals surface area contributed by atoms with E-state index in [9.17, 15) is 14.3 Å². The number of anilines is 1. The second-order valence-electron chi connectivity index (χ2n) is 8.90. The topological polar surface area (TPSA) is 101 Å². The minimum atomic E-state index is -0.951. The maximum atomic E-state index is 14.4. The van der Waals surface area contributed by atoms with Crippen molar-refractivity contribution in [3.05, 3.63) is 17.6 Å². The van der Waals surface area contributed by atoms with Crippen LogP contribution in [-0.4, -0.2) is 38.8 Å². The third-order valence-corrected chi connectivity index (χ3v) is 6.93. The van der Waals surface area contributed by atoms with E-state index in [0.29, 0.717) is 43.7 Å². The first kappa shape index (κ1) is 18.6. The van der Waals surface area contributed by atoms with Crippen molar-refractivity contribution in [2.45, 2.75) is 88.4 Å². The van der Waals surface area contributed by atoms with Gasteiger partial charge in [0.15, 0.2) is 0 Å². The average molecular weight is 376 g/mol. The lowest BCUT2D eigenvalue weighted by Crippen LogP contribution is -2.44. The van der Waals surface area contributed by atoms with Gasteiger partial charge in [0.2, 0.25) is 0 Å². The van der Waals surface area contributed by atoms with Crippen LogP contribution in [0, 0.1) is 5.41 Å². The lowest BCUT2D eigenvalue weighted by atomic mass is 9.58. The SMILES string of the molecule is NC(=O)c1cnc(CC23CCC(F)(CC2)CC3)nc1N[C@@H]1CCC[C@H](O)C1. The molecular weight excluding hydrogens is 347 g/mol. The van der Waals surface area contributed by atoms with Crippen LogP contribution in [0.5, 0.6) is 0 Å². The van der Waals surface area contributed by atoms with Gasteiger partial charge in [0, 0.05) is 18.7 Å². The van der Waals surface area contributed by atoms with Crippen LogP contribution >= 0.6 is 0 Å². The Bertz CT molecular complexity index is 701. The first-order valence-electron chi connectivity index (χ1n) is 10.2. The van der Waals surface area contributed by atoms with Gasteiger partial charge >= 0.3 is 0 Å². The number of carbonyl (C=O) groups is 1. The molecule has 2 bridgehead atoms. The van der Waals surface area contributed by atoms with Crippen molar-refractivity contribution in [2.75, 3.05) is 5.32 Å². The number of halogens is 1. The van der Waals surface area contributed by atoms with Gasteiger partial charge in [0.05, 0.1) is 11.7 Å². The van der Waals surface area contributed by atoms with Gasteiger partial charge in [0.1, 0.15) is 17.3 Å². The second kappa shape index (κ2) is 7.00. The summed E-state index contributed by atoms with van der Waals surface area (Å²) < 4.78 is 14.4. The molecule has 0 spiro atoms. The molecule has 1 aromatic heterocycles. The van der Waals surface area contributed by atoms with Crippen molar-refractivity contribution in [3.8, 4) is 0 Å². The molecule has 4 fully saturated rings. The Morgan fingerprint density at radius 1 is 1.26 bits per heavy atom. The average Bonchev–Trinajstić information content (AvgIpc) is 2.63. The molecule has 2 atom stereocenters. The molecule has 148 valence electrons. The van der Waals surface area contributed by atoms with Crippen LogP contribution in [0.1, 0.15) is 80.4 Å². The smallest absolute Gasteiger partial charge is 0.254 e. The zero-order chi connectivity index (χ0) is 19.1. The van der Waals surface area contributed by atoms with E-state index in [2.05, 4.69) is 15.3 Å². The molecule has 4 aliphatic rings. The Kier molecular flexibility index (Phi) is 4.82. The summed E-state index contributed by atoms with van der Waals surface area (Å²) in [5.41, 5.74) is 4.92. The van der Waals surface area contributed by atoms with Crippen LogP contribution < -0.4 is 11.1 Å². The molecule has 0 aliphatic heterocycles. The van der Waals surface area contributed by atoms with Crippen molar-refractivity contribution in [3.63, 3.8) is 0 Å². The van der Waals surface area contributed by atoms with Gasteiger partial charge < -0.3 is 16.2 Å². The highest BCUT2D eigenvalue weighted by molar-refractivity contribution is 5.97. The molecule has 4 N–H and O–H groups in total. The van der Waals surface area contributed by atoms with Gasteiger partial charge in [0.25, 0.3) is 5.91 Å². The summed E-state index contributed by atoms with van der Waals surface area (Å²) in [6.45, 7) is 0. The number of rotatable bonds is 5. The van der Waals surface area contributed by atoms with Crippen molar-refractivity contribution in [2.24, 2.45) is 11.1 Å². The van der Waals surface area contributed by atoms with E-state index in [1.54, 1.807) is 0 Å². The van der Waals surface area contributed by atoms with Gasteiger partial charge in [-0.15, -0.1) is 0 Å². The normalized spacial score (nSPS) is 35.8. The number of aliphatic hydroxyl groups is 1. The summed E-state index contributed by atoms with van der Waals surface area (Å²) in [6.07, 6.45) is 9.76. The lowest BCUT2D eigenvalue weighted by Gasteiger charge is -2.49. The van der Waals surface area contributed by atoms with E-state index in [-0.39, 0.29) is 23.1 Å². The Morgan fingerprint density at radius 2 is 1.96 bits per heavy atom. The van der Waals surface area contributed by atoms with E-state index in [0.717, 1.165) is 38.5 Å². The number of nitrogens with two attached hydrogens (primary N) is 1. The molecule has 5 rings (SSSR count). The molecule has 4 aliphatic carbocycles. The predicted octanol–water partition coefficient (Wildman–Crippen LogP) is 2.90. The number of hydrogen-bond acceptors (Lipinski definition) is 5. The highest BCUT2D eigenvalue weighted by atomic mass is 19.1. The summed E-state index contributed by atoms with van der Waals surface area (Å²) in [4.78, 5) is 20.8. The molecule has 1 heterocycles. The molecule has 0 radical (unpaired) electrons. The number of nitrogens with zero attached hydrogens (tertiary/aromatic N) is 2. The summed E-state index contributed by atoms with van der Waals surface area (Å²) in [5.74, 6) is 0.595. The van der Waals surface area contributed by atoms with E-state index < -0.39 is 11.6 Å². The first-order chi connectivity index (χ1) is 12.9. The van der Waals surface area contributed by atoms with Crippen LogP contribution in [0.4, 0.5) is 10.2 Å². The van der Waals surface area contributed by atoms with Crippen LogP contribution in [0.15, 0.2) is 6.20 Å². The van der Waals surface area contributed by atoms with Crippen LogP contribution in [0.25, 0.3) is 0 Å². The highest BCUT2D eigenvalue weighted by Gasteiger charge is 2.49. The molecule has 27 heavy (non-hydrogen) atoms. The number of hydrogen-bond donors (Lipinski definition) is 3. The molecule has 0 aromatic carbocycles. The number of carbonyl (C=O) groups excluding carboxylic acids is 1. The van der Waals surface area contributed by atoms with Gasteiger partial charge in [-0.25, -0.2) is 14.4 Å². The third kappa shape index (κ3) is 3.93. The highest BCUT2D eigenvalue weighted by Crippen LogP contribution is 2.55. The standard InChI is InChI=1S/C20H29FN4O2/c21-20-7-4-19(5-8-20,6-9-20)11-16-23-12-15(17(22)27)18(25-16)24-13-2-1-3-14(26)10-13/h12-14,26H,1-11H2,(H2,22,27)(H,23,24,25)/t13-,14+,19?,20?/m1/s1. The number of primary amides is 1. The largest absolute Gasteiger partial charge is 0.393 e. The molecule has 7 heteroatoms. The van der Waals surface area contributed by atoms with Gasteiger partial charge in [-0.05, 0) is 69.6 Å². The van der Waals surface area contributed by atoms with Crippen molar-refractivity contribution in [1.82, 2.24) is 9.97 Å². The Labute approximate surface area is 159 Å². The Balaban J connectivity index is 1.53. The van der Waals surface area contributed by atoms with E-state index in [4.69, 9.17) is 5.73 Å². The molecule has 4 saturated carbocycles. The number of nitrogens with one attached hydrogen (secondary N) is 1. The second-order valence-corrected chi connectivity index (χ2v) is 8.90. The number of aromatic nitrogens is 2. The fraction of sp³-hybridized carbons (Fsp3) is 0.750. The summed E-state index contributed by atoms with van der Waals surface area (Å²) in [5, 5.41) is 13.2. The lowest BCUT2D eigenvalue weighted by molar-refractivity contribution is -0.0350. The minimum Gasteiger partial charge on any atom is -0.393 e. The molecule has 6 nitrogen and oxygen atoms in total. The maximum absolute atomic E-state index is 14.4. The Morgan fingerprint density at radius 3 is 2.59 bits per heavy atom. The number of amides is 1. The summed E-state index contributed by atoms with van der Waals surface area (Å²) in [6, 6.07) is 0.0734. The van der Waals surface area contributed by atoms with Crippen molar-refractivity contribution >= 4 is 11.7 Å². The summed E-state index contributed by atoms with van der Waals surface area (Å²) in [7, 11) is 0. The van der Waals surface area contributed by atoms with Crippen LogP contribution in [0.2, 0.25) is 0 Å². The molecule has 1 aromatic rings. The van der Waals surface area contributed by atoms with Gasteiger partial charge in [-0.1, -0.05) is 0 Å².